The number of aliphatic hydroxyl groups excluding tert-OH is 1. The van der Waals surface area contributed by atoms with E-state index in [0.717, 1.165) is 17.4 Å². The number of fused-ring (bicyclic) bond motifs is 1. The lowest BCUT2D eigenvalue weighted by Crippen LogP contribution is -2.33. The first kappa shape index (κ1) is 11.2. The summed E-state index contributed by atoms with van der Waals surface area (Å²) < 4.78 is 5.36. The molecule has 2 rings (SSSR count). The van der Waals surface area contributed by atoms with Crippen LogP contribution in [0.2, 0.25) is 0 Å². The molecule has 0 bridgehead atoms. The molecule has 0 saturated carbocycles. The molecule has 0 radical (unpaired) electrons. The first-order valence-corrected chi connectivity index (χ1v) is 5.44. The predicted molar refractivity (Wildman–Crippen MR) is 64.5 cm³/mol. The Morgan fingerprint density at radius 3 is 2.81 bits per heavy atom. The molecule has 16 heavy (non-hydrogen) atoms. The Morgan fingerprint density at radius 1 is 1.31 bits per heavy atom. The molecule has 0 aliphatic heterocycles. The number of hydrogen-bond donors (Lipinski definition) is 1. The highest BCUT2D eigenvalue weighted by Gasteiger charge is 2.11. The van der Waals surface area contributed by atoms with Crippen LogP contribution in [0, 0.1) is 0 Å². The highest BCUT2D eigenvalue weighted by atomic mass is 16.3. The van der Waals surface area contributed by atoms with Crippen LogP contribution in [0.5, 0.6) is 0 Å². The van der Waals surface area contributed by atoms with E-state index in [2.05, 4.69) is 12.1 Å². The van der Waals surface area contributed by atoms with Gasteiger partial charge in [-0.05, 0) is 38.2 Å². The average molecular weight is 219 g/mol. The van der Waals surface area contributed by atoms with E-state index in [-0.39, 0.29) is 12.6 Å². The summed E-state index contributed by atoms with van der Waals surface area (Å²) in [5, 5.41) is 10.4. The van der Waals surface area contributed by atoms with Crippen LogP contribution in [0.3, 0.4) is 0 Å². The van der Waals surface area contributed by atoms with Gasteiger partial charge in [-0.15, -0.1) is 0 Å². The summed E-state index contributed by atoms with van der Waals surface area (Å²) in [6, 6.07) is 8.30. The molecule has 1 unspecified atom stereocenters. The van der Waals surface area contributed by atoms with Crippen LogP contribution >= 0.6 is 0 Å². The van der Waals surface area contributed by atoms with Crippen molar-refractivity contribution in [3.8, 4) is 0 Å². The van der Waals surface area contributed by atoms with Gasteiger partial charge in [0.05, 0.1) is 12.9 Å². The summed E-state index contributed by atoms with van der Waals surface area (Å²) in [4.78, 5) is 2.03. The van der Waals surface area contributed by atoms with Gasteiger partial charge >= 0.3 is 0 Å². The smallest absolute Gasteiger partial charge is 0.134 e. The molecule has 3 nitrogen and oxygen atoms in total. The van der Waals surface area contributed by atoms with E-state index in [0.29, 0.717) is 0 Å². The Kier molecular flexibility index (Phi) is 3.27. The topological polar surface area (TPSA) is 36.6 Å². The van der Waals surface area contributed by atoms with Gasteiger partial charge in [0.15, 0.2) is 0 Å². The van der Waals surface area contributed by atoms with Crippen LogP contribution in [0.15, 0.2) is 34.9 Å². The largest absolute Gasteiger partial charge is 0.464 e. The van der Waals surface area contributed by atoms with Crippen molar-refractivity contribution in [2.24, 2.45) is 0 Å². The molecule has 0 aliphatic rings. The van der Waals surface area contributed by atoms with Crippen molar-refractivity contribution in [3.63, 3.8) is 0 Å². The molecule has 1 aromatic heterocycles. The van der Waals surface area contributed by atoms with E-state index in [4.69, 9.17) is 4.42 Å². The fourth-order valence-corrected chi connectivity index (χ4v) is 1.81. The highest BCUT2D eigenvalue weighted by molar-refractivity contribution is 5.77. The third-order valence-corrected chi connectivity index (χ3v) is 2.93. The fraction of sp³-hybridized carbons (Fsp3) is 0.385. The minimum atomic E-state index is 0.160. The molecule has 0 fully saturated rings. The molecule has 1 aromatic carbocycles. The number of nitrogens with zero attached hydrogens (tertiary/aromatic N) is 1. The number of likely N-dealkylation sites (N-methyl/N-ethyl adjacent to an activating group) is 1. The van der Waals surface area contributed by atoms with Crippen LogP contribution < -0.4 is 0 Å². The SMILES string of the molecule is CN(C)C(CO)Cc1ccc2ccoc2c1. The van der Waals surface area contributed by atoms with Crippen molar-refractivity contribution < 1.29 is 9.52 Å². The maximum absolute atomic E-state index is 9.27. The van der Waals surface area contributed by atoms with Crippen LogP contribution in [-0.2, 0) is 6.42 Å². The summed E-state index contributed by atoms with van der Waals surface area (Å²) in [7, 11) is 3.96. The summed E-state index contributed by atoms with van der Waals surface area (Å²) in [6.45, 7) is 0.170. The second kappa shape index (κ2) is 4.68. The first-order chi connectivity index (χ1) is 7.70. The minimum Gasteiger partial charge on any atom is -0.464 e. The lowest BCUT2D eigenvalue weighted by molar-refractivity contribution is 0.169. The summed E-state index contributed by atoms with van der Waals surface area (Å²) in [5.41, 5.74) is 2.10. The first-order valence-electron chi connectivity index (χ1n) is 5.44. The van der Waals surface area contributed by atoms with Crippen LogP contribution in [0.4, 0.5) is 0 Å². The second-order valence-corrected chi connectivity index (χ2v) is 4.30. The second-order valence-electron chi connectivity index (χ2n) is 4.30. The van der Waals surface area contributed by atoms with Gasteiger partial charge in [-0.3, -0.25) is 0 Å². The van der Waals surface area contributed by atoms with Gasteiger partial charge in [0.25, 0.3) is 0 Å². The lowest BCUT2D eigenvalue weighted by Gasteiger charge is -2.21. The van der Waals surface area contributed by atoms with E-state index < -0.39 is 0 Å². The van der Waals surface area contributed by atoms with E-state index in [1.807, 2.05) is 31.1 Å². The Hall–Kier alpha value is -1.32. The number of furan rings is 1. The molecule has 0 spiro atoms. The third kappa shape index (κ3) is 2.26. The maximum atomic E-state index is 9.27. The highest BCUT2D eigenvalue weighted by Crippen LogP contribution is 2.18. The molecule has 2 aromatic rings. The van der Waals surface area contributed by atoms with E-state index >= 15 is 0 Å². The Bertz CT molecular complexity index is 462. The van der Waals surface area contributed by atoms with Crippen molar-refractivity contribution in [3.05, 3.63) is 36.1 Å². The van der Waals surface area contributed by atoms with Gasteiger partial charge < -0.3 is 14.4 Å². The minimum absolute atomic E-state index is 0.160. The number of rotatable bonds is 4. The zero-order valence-electron chi connectivity index (χ0n) is 9.68. The van der Waals surface area contributed by atoms with Crippen LogP contribution in [0.1, 0.15) is 5.56 Å². The monoisotopic (exact) mass is 219 g/mol. The molecular formula is C13H17NO2. The molecule has 0 aliphatic carbocycles. The Balaban J connectivity index is 2.19. The molecule has 1 N–H and O–H groups in total. The standard InChI is InChI=1S/C13H17NO2/c1-14(2)12(9-15)7-10-3-4-11-5-6-16-13(11)8-10/h3-6,8,12,15H,7,9H2,1-2H3. The molecular weight excluding hydrogens is 202 g/mol. The van der Waals surface area contributed by atoms with Gasteiger partial charge in [0, 0.05) is 11.4 Å². The zero-order valence-corrected chi connectivity index (χ0v) is 9.68. The molecule has 1 atom stereocenters. The summed E-state index contributed by atoms with van der Waals surface area (Å²) in [6.07, 6.45) is 2.53. The van der Waals surface area contributed by atoms with E-state index in [1.165, 1.54) is 5.56 Å². The van der Waals surface area contributed by atoms with Crippen LogP contribution in [0.25, 0.3) is 11.0 Å². The fourth-order valence-electron chi connectivity index (χ4n) is 1.81. The molecule has 86 valence electrons. The summed E-state index contributed by atoms with van der Waals surface area (Å²) >= 11 is 0. The Morgan fingerprint density at radius 2 is 2.12 bits per heavy atom. The maximum Gasteiger partial charge on any atom is 0.134 e. The van der Waals surface area contributed by atoms with Gasteiger partial charge in [-0.2, -0.15) is 0 Å². The number of hydrogen-bond acceptors (Lipinski definition) is 3. The van der Waals surface area contributed by atoms with Crippen molar-refractivity contribution in [2.45, 2.75) is 12.5 Å². The third-order valence-electron chi connectivity index (χ3n) is 2.93. The normalized spacial score (nSPS) is 13.5. The van der Waals surface area contributed by atoms with Gasteiger partial charge in [0.2, 0.25) is 0 Å². The number of benzene rings is 1. The summed E-state index contributed by atoms with van der Waals surface area (Å²) in [5.74, 6) is 0. The van der Waals surface area contributed by atoms with Crippen LogP contribution in [-0.4, -0.2) is 36.8 Å². The quantitative estimate of drug-likeness (QED) is 0.853. The lowest BCUT2D eigenvalue weighted by atomic mass is 10.0. The number of aliphatic hydroxyl groups is 1. The zero-order chi connectivity index (χ0) is 11.5. The average Bonchev–Trinajstić information content (AvgIpc) is 2.72. The van der Waals surface area contributed by atoms with Crippen molar-refractivity contribution >= 4 is 11.0 Å². The van der Waals surface area contributed by atoms with Gasteiger partial charge in [0.1, 0.15) is 5.58 Å². The molecule has 1 heterocycles. The molecule has 0 saturated heterocycles. The van der Waals surface area contributed by atoms with E-state index in [9.17, 15) is 5.11 Å². The van der Waals surface area contributed by atoms with Gasteiger partial charge in [-0.1, -0.05) is 12.1 Å². The molecule has 3 heteroatoms. The Labute approximate surface area is 95.3 Å². The predicted octanol–water partition coefficient (Wildman–Crippen LogP) is 1.90. The molecule has 0 amide bonds. The van der Waals surface area contributed by atoms with Crippen molar-refractivity contribution in [1.29, 1.82) is 0 Å². The van der Waals surface area contributed by atoms with Crippen molar-refractivity contribution in [1.82, 2.24) is 4.90 Å². The van der Waals surface area contributed by atoms with Gasteiger partial charge in [-0.25, -0.2) is 0 Å². The van der Waals surface area contributed by atoms with E-state index in [1.54, 1.807) is 6.26 Å². The van der Waals surface area contributed by atoms with Crippen molar-refractivity contribution in [2.75, 3.05) is 20.7 Å².